The van der Waals surface area contributed by atoms with Crippen LogP contribution in [0, 0.1) is 0 Å². The zero-order valence-electron chi connectivity index (χ0n) is 10.2. The number of imidazole rings is 1. The van der Waals surface area contributed by atoms with Gasteiger partial charge in [0.2, 0.25) is 0 Å². The molecular weight excluding hydrogens is 254 g/mol. The van der Waals surface area contributed by atoms with Crippen molar-refractivity contribution in [2.45, 2.75) is 6.54 Å². The van der Waals surface area contributed by atoms with Gasteiger partial charge in [-0.2, -0.15) is 0 Å². The summed E-state index contributed by atoms with van der Waals surface area (Å²) in [5.41, 5.74) is 7.02. The number of aromatic nitrogens is 2. The van der Waals surface area contributed by atoms with E-state index in [4.69, 9.17) is 26.8 Å². The highest BCUT2D eigenvalue weighted by Gasteiger charge is 2.13. The summed E-state index contributed by atoms with van der Waals surface area (Å²) in [5.74, 6) is 2.01. The van der Waals surface area contributed by atoms with E-state index in [1.165, 1.54) is 0 Å². The largest absolute Gasteiger partial charge is 0.497 e. The fraction of sp³-hybridized carbons (Fsp3) is 0.250. The molecule has 0 fully saturated rings. The van der Waals surface area contributed by atoms with E-state index >= 15 is 0 Å². The fourth-order valence-electron chi connectivity index (χ4n) is 1.65. The highest BCUT2D eigenvalue weighted by atomic mass is 35.5. The van der Waals surface area contributed by atoms with Crippen molar-refractivity contribution in [1.82, 2.24) is 9.97 Å². The topological polar surface area (TPSA) is 73.2 Å². The van der Waals surface area contributed by atoms with Crippen molar-refractivity contribution in [3.05, 3.63) is 29.0 Å². The SMILES string of the molecule is COc1ccc(OC)c(-c2nc(Cl)c(CN)[nH]2)c1. The molecule has 0 atom stereocenters. The Morgan fingerprint density at radius 3 is 2.67 bits per heavy atom. The smallest absolute Gasteiger partial charge is 0.152 e. The third kappa shape index (κ3) is 2.27. The molecule has 96 valence electrons. The summed E-state index contributed by atoms with van der Waals surface area (Å²) in [6, 6.07) is 5.46. The van der Waals surface area contributed by atoms with E-state index < -0.39 is 0 Å². The molecule has 5 nitrogen and oxygen atoms in total. The summed E-state index contributed by atoms with van der Waals surface area (Å²) in [7, 11) is 3.20. The summed E-state index contributed by atoms with van der Waals surface area (Å²) in [6.07, 6.45) is 0. The minimum atomic E-state index is 0.304. The molecule has 0 radical (unpaired) electrons. The van der Waals surface area contributed by atoms with Crippen molar-refractivity contribution in [3.8, 4) is 22.9 Å². The number of aromatic amines is 1. The van der Waals surface area contributed by atoms with Gasteiger partial charge in [-0.15, -0.1) is 0 Å². The maximum Gasteiger partial charge on any atom is 0.152 e. The number of ether oxygens (including phenoxy) is 2. The molecule has 1 aromatic carbocycles. The Balaban J connectivity index is 2.53. The van der Waals surface area contributed by atoms with Crippen LogP contribution in [-0.4, -0.2) is 24.2 Å². The molecule has 6 heteroatoms. The third-order valence-corrected chi connectivity index (χ3v) is 2.91. The van der Waals surface area contributed by atoms with Gasteiger partial charge < -0.3 is 20.2 Å². The first-order chi connectivity index (χ1) is 8.69. The van der Waals surface area contributed by atoms with Crippen molar-refractivity contribution < 1.29 is 9.47 Å². The quantitative estimate of drug-likeness (QED) is 0.891. The molecule has 0 aliphatic rings. The number of H-pyrrole nitrogens is 1. The normalized spacial score (nSPS) is 10.4. The molecule has 1 heterocycles. The van der Waals surface area contributed by atoms with Crippen LogP contribution in [0.15, 0.2) is 18.2 Å². The maximum absolute atomic E-state index is 5.97. The average Bonchev–Trinajstić information content (AvgIpc) is 2.79. The van der Waals surface area contributed by atoms with Gasteiger partial charge in [0.15, 0.2) is 5.15 Å². The molecule has 0 bridgehead atoms. The van der Waals surface area contributed by atoms with Crippen molar-refractivity contribution in [3.63, 3.8) is 0 Å². The fourth-order valence-corrected chi connectivity index (χ4v) is 1.86. The summed E-state index contributed by atoms with van der Waals surface area (Å²) in [4.78, 5) is 7.30. The van der Waals surface area contributed by atoms with E-state index in [0.717, 1.165) is 5.56 Å². The van der Waals surface area contributed by atoms with E-state index in [1.54, 1.807) is 14.2 Å². The highest BCUT2D eigenvalue weighted by molar-refractivity contribution is 6.30. The summed E-state index contributed by atoms with van der Waals surface area (Å²) in [6.45, 7) is 0.304. The number of nitrogens with one attached hydrogen (secondary N) is 1. The lowest BCUT2D eigenvalue weighted by Gasteiger charge is -2.08. The second-order valence-electron chi connectivity index (χ2n) is 3.63. The second-order valence-corrected chi connectivity index (χ2v) is 3.98. The third-order valence-electron chi connectivity index (χ3n) is 2.59. The van der Waals surface area contributed by atoms with Crippen LogP contribution in [-0.2, 0) is 6.54 Å². The van der Waals surface area contributed by atoms with Crippen LogP contribution >= 0.6 is 11.6 Å². The number of nitrogens with zero attached hydrogens (tertiary/aromatic N) is 1. The molecule has 0 saturated heterocycles. The number of methoxy groups -OCH3 is 2. The van der Waals surface area contributed by atoms with E-state index in [1.807, 2.05) is 18.2 Å². The Morgan fingerprint density at radius 2 is 2.11 bits per heavy atom. The molecule has 3 N–H and O–H groups in total. The predicted molar refractivity (Wildman–Crippen MR) is 70.0 cm³/mol. The van der Waals surface area contributed by atoms with Gasteiger partial charge in [-0.05, 0) is 18.2 Å². The highest BCUT2D eigenvalue weighted by Crippen LogP contribution is 2.32. The molecule has 2 rings (SSSR count). The van der Waals surface area contributed by atoms with Crippen molar-refractivity contribution >= 4 is 11.6 Å². The molecule has 0 aliphatic heterocycles. The zero-order valence-corrected chi connectivity index (χ0v) is 10.9. The van der Waals surface area contributed by atoms with Gasteiger partial charge in [0, 0.05) is 6.54 Å². The van der Waals surface area contributed by atoms with Crippen LogP contribution in [0.2, 0.25) is 5.15 Å². The number of hydrogen-bond donors (Lipinski definition) is 2. The molecule has 2 aromatic rings. The summed E-state index contributed by atoms with van der Waals surface area (Å²) < 4.78 is 10.5. The first kappa shape index (κ1) is 12.7. The summed E-state index contributed by atoms with van der Waals surface area (Å²) in [5, 5.41) is 0.373. The van der Waals surface area contributed by atoms with Gasteiger partial charge in [-0.25, -0.2) is 4.98 Å². The van der Waals surface area contributed by atoms with Crippen molar-refractivity contribution in [2.75, 3.05) is 14.2 Å². The lowest BCUT2D eigenvalue weighted by atomic mass is 10.2. The average molecular weight is 268 g/mol. The first-order valence-electron chi connectivity index (χ1n) is 5.36. The Morgan fingerprint density at radius 1 is 1.33 bits per heavy atom. The molecule has 18 heavy (non-hydrogen) atoms. The van der Waals surface area contributed by atoms with Crippen LogP contribution < -0.4 is 15.2 Å². The van der Waals surface area contributed by atoms with Gasteiger partial charge in [0.05, 0.1) is 25.5 Å². The Labute approximate surface area is 110 Å². The molecular formula is C12H14ClN3O2. The minimum absolute atomic E-state index is 0.304. The van der Waals surface area contributed by atoms with Gasteiger partial charge in [0.1, 0.15) is 17.3 Å². The lowest BCUT2D eigenvalue weighted by molar-refractivity contribution is 0.404. The first-order valence-corrected chi connectivity index (χ1v) is 5.74. The number of benzene rings is 1. The van der Waals surface area contributed by atoms with Crippen LogP contribution in [0.4, 0.5) is 0 Å². The second kappa shape index (κ2) is 5.29. The lowest BCUT2D eigenvalue weighted by Crippen LogP contribution is -1.97. The standard InChI is InChI=1S/C12H14ClN3O2/c1-17-7-3-4-10(18-2)8(5-7)12-15-9(6-14)11(13)16-12/h3-5H,6,14H2,1-2H3,(H,15,16). The minimum Gasteiger partial charge on any atom is -0.497 e. The molecule has 0 amide bonds. The van der Waals surface area contributed by atoms with Gasteiger partial charge in [-0.1, -0.05) is 11.6 Å². The summed E-state index contributed by atoms with van der Waals surface area (Å²) >= 11 is 5.97. The van der Waals surface area contributed by atoms with E-state index in [-0.39, 0.29) is 0 Å². The molecule has 0 saturated carbocycles. The number of rotatable bonds is 4. The van der Waals surface area contributed by atoms with Crippen LogP contribution in [0.25, 0.3) is 11.4 Å². The van der Waals surface area contributed by atoms with Gasteiger partial charge in [0.25, 0.3) is 0 Å². The van der Waals surface area contributed by atoms with E-state index in [0.29, 0.717) is 34.7 Å². The Hall–Kier alpha value is -1.72. The molecule has 0 aliphatic carbocycles. The van der Waals surface area contributed by atoms with Gasteiger partial charge >= 0.3 is 0 Å². The van der Waals surface area contributed by atoms with Crippen molar-refractivity contribution in [2.24, 2.45) is 5.73 Å². The monoisotopic (exact) mass is 267 g/mol. The molecule has 0 unspecified atom stereocenters. The van der Waals surface area contributed by atoms with E-state index in [2.05, 4.69) is 9.97 Å². The van der Waals surface area contributed by atoms with Gasteiger partial charge in [-0.3, -0.25) is 0 Å². The van der Waals surface area contributed by atoms with Crippen LogP contribution in [0.3, 0.4) is 0 Å². The molecule has 0 spiro atoms. The van der Waals surface area contributed by atoms with E-state index in [9.17, 15) is 0 Å². The maximum atomic E-state index is 5.97. The number of hydrogen-bond acceptors (Lipinski definition) is 4. The Bertz CT molecular complexity index is 554. The number of nitrogens with two attached hydrogens (primary N) is 1. The zero-order chi connectivity index (χ0) is 13.1. The molecule has 1 aromatic heterocycles. The predicted octanol–water partition coefficient (Wildman–Crippen LogP) is 2.21. The van der Waals surface area contributed by atoms with Crippen LogP contribution in [0.1, 0.15) is 5.69 Å². The van der Waals surface area contributed by atoms with Crippen LogP contribution in [0.5, 0.6) is 11.5 Å². The Kier molecular flexibility index (Phi) is 3.74. The van der Waals surface area contributed by atoms with Crippen molar-refractivity contribution in [1.29, 1.82) is 0 Å². The number of halogens is 1.